The number of benzene rings is 1. The van der Waals surface area contributed by atoms with Gasteiger partial charge >= 0.3 is 11.9 Å². The Balaban J connectivity index is 2.71. The molecule has 0 bridgehead atoms. The van der Waals surface area contributed by atoms with Crippen LogP contribution in [0.3, 0.4) is 0 Å². The van der Waals surface area contributed by atoms with Crippen LogP contribution in [0.25, 0.3) is 0 Å². The SMILES string of the molecule is O=C(O)CC(CC(=O)c1ccccc1)C(=O)O. The fourth-order valence-electron chi connectivity index (χ4n) is 1.42. The van der Waals surface area contributed by atoms with E-state index in [2.05, 4.69) is 0 Å². The molecule has 0 fully saturated rings. The van der Waals surface area contributed by atoms with Gasteiger partial charge in [0.2, 0.25) is 0 Å². The number of hydrogen-bond donors (Lipinski definition) is 2. The third kappa shape index (κ3) is 4.06. The molecule has 0 heterocycles. The monoisotopic (exact) mass is 236 g/mol. The van der Waals surface area contributed by atoms with Crippen LogP contribution in [0.5, 0.6) is 0 Å². The van der Waals surface area contributed by atoms with E-state index in [9.17, 15) is 14.4 Å². The molecule has 0 aliphatic carbocycles. The van der Waals surface area contributed by atoms with Crippen LogP contribution in [0.4, 0.5) is 0 Å². The smallest absolute Gasteiger partial charge is 0.307 e. The molecular weight excluding hydrogens is 224 g/mol. The molecule has 0 radical (unpaired) electrons. The molecule has 0 aliphatic rings. The summed E-state index contributed by atoms with van der Waals surface area (Å²) in [7, 11) is 0. The number of carboxylic acid groups (broad SMARTS) is 2. The highest BCUT2D eigenvalue weighted by Gasteiger charge is 2.24. The lowest BCUT2D eigenvalue weighted by Gasteiger charge is -2.08. The lowest BCUT2D eigenvalue weighted by Crippen LogP contribution is -2.21. The Bertz CT molecular complexity index is 424. The minimum absolute atomic E-state index is 0.300. The third-order valence-corrected chi connectivity index (χ3v) is 2.30. The van der Waals surface area contributed by atoms with Crippen LogP contribution in [-0.4, -0.2) is 27.9 Å². The Hall–Kier alpha value is -2.17. The molecule has 2 N–H and O–H groups in total. The summed E-state index contributed by atoms with van der Waals surface area (Å²) in [5, 5.41) is 17.3. The molecule has 5 heteroatoms. The maximum absolute atomic E-state index is 11.7. The third-order valence-electron chi connectivity index (χ3n) is 2.30. The summed E-state index contributed by atoms with van der Waals surface area (Å²) in [6.07, 6.45) is -0.848. The minimum Gasteiger partial charge on any atom is -0.481 e. The van der Waals surface area contributed by atoms with E-state index >= 15 is 0 Å². The average molecular weight is 236 g/mol. The van der Waals surface area contributed by atoms with E-state index in [0.29, 0.717) is 5.56 Å². The maximum atomic E-state index is 11.7. The number of carbonyl (C=O) groups excluding carboxylic acids is 1. The van der Waals surface area contributed by atoms with Crippen molar-refractivity contribution in [2.45, 2.75) is 12.8 Å². The van der Waals surface area contributed by atoms with Gasteiger partial charge in [0.25, 0.3) is 0 Å². The van der Waals surface area contributed by atoms with Gasteiger partial charge in [0, 0.05) is 12.0 Å². The lowest BCUT2D eigenvalue weighted by atomic mass is 9.95. The first-order valence-electron chi connectivity index (χ1n) is 5.03. The van der Waals surface area contributed by atoms with Crippen molar-refractivity contribution in [2.24, 2.45) is 5.92 Å². The van der Waals surface area contributed by atoms with Crippen LogP contribution >= 0.6 is 0 Å². The van der Waals surface area contributed by atoms with E-state index < -0.39 is 24.3 Å². The minimum atomic E-state index is -1.27. The van der Waals surface area contributed by atoms with Gasteiger partial charge < -0.3 is 10.2 Å². The van der Waals surface area contributed by atoms with Crippen LogP contribution < -0.4 is 0 Å². The number of hydrogen-bond acceptors (Lipinski definition) is 3. The number of ketones is 1. The second-order valence-corrected chi connectivity index (χ2v) is 3.63. The summed E-state index contributed by atoms with van der Waals surface area (Å²) >= 11 is 0. The van der Waals surface area contributed by atoms with Gasteiger partial charge in [-0.15, -0.1) is 0 Å². The number of carbonyl (C=O) groups is 3. The van der Waals surface area contributed by atoms with Gasteiger partial charge in [0.15, 0.2) is 5.78 Å². The number of carboxylic acids is 2. The molecule has 1 aromatic rings. The van der Waals surface area contributed by atoms with Crippen molar-refractivity contribution in [1.29, 1.82) is 0 Å². The van der Waals surface area contributed by atoms with Crippen molar-refractivity contribution in [3.05, 3.63) is 35.9 Å². The number of rotatable bonds is 6. The number of Topliss-reactive ketones (excluding diaryl/α,β-unsaturated/α-hetero) is 1. The highest BCUT2D eigenvalue weighted by atomic mass is 16.4. The molecular formula is C12H12O5. The molecule has 0 spiro atoms. The zero-order valence-corrected chi connectivity index (χ0v) is 9.00. The quantitative estimate of drug-likeness (QED) is 0.729. The van der Waals surface area contributed by atoms with Crippen LogP contribution in [0, 0.1) is 5.92 Å². The first kappa shape index (κ1) is 12.9. The van der Waals surface area contributed by atoms with Crippen molar-refractivity contribution in [1.82, 2.24) is 0 Å². The Morgan fingerprint density at radius 3 is 2.06 bits per heavy atom. The first-order valence-corrected chi connectivity index (χ1v) is 5.03. The zero-order chi connectivity index (χ0) is 12.8. The first-order chi connectivity index (χ1) is 8.00. The molecule has 90 valence electrons. The van der Waals surface area contributed by atoms with Crippen LogP contribution in [0.15, 0.2) is 30.3 Å². The van der Waals surface area contributed by atoms with Gasteiger partial charge in [-0.2, -0.15) is 0 Å². The van der Waals surface area contributed by atoms with Gasteiger partial charge in [0.1, 0.15) is 0 Å². The van der Waals surface area contributed by atoms with Gasteiger partial charge in [-0.3, -0.25) is 14.4 Å². The van der Waals surface area contributed by atoms with E-state index in [1.54, 1.807) is 30.3 Å². The molecule has 0 saturated heterocycles. The zero-order valence-electron chi connectivity index (χ0n) is 9.00. The summed E-state index contributed by atoms with van der Waals surface area (Å²) < 4.78 is 0. The predicted octanol–water partition coefficient (Wildman–Crippen LogP) is 1.43. The summed E-state index contributed by atoms with van der Waals surface area (Å²) in [4.78, 5) is 32.9. The second-order valence-electron chi connectivity index (χ2n) is 3.63. The molecule has 0 aromatic heterocycles. The van der Waals surface area contributed by atoms with Crippen molar-refractivity contribution in [3.8, 4) is 0 Å². The number of aliphatic carboxylic acids is 2. The highest BCUT2D eigenvalue weighted by Crippen LogP contribution is 2.14. The van der Waals surface area contributed by atoms with Crippen molar-refractivity contribution >= 4 is 17.7 Å². The van der Waals surface area contributed by atoms with Crippen LogP contribution in [0.1, 0.15) is 23.2 Å². The van der Waals surface area contributed by atoms with E-state index in [-0.39, 0.29) is 12.2 Å². The second kappa shape index (κ2) is 5.79. The van der Waals surface area contributed by atoms with Crippen molar-refractivity contribution < 1.29 is 24.6 Å². The summed E-state index contributed by atoms with van der Waals surface area (Å²) in [5.41, 5.74) is 0.393. The fourth-order valence-corrected chi connectivity index (χ4v) is 1.42. The molecule has 5 nitrogen and oxygen atoms in total. The Labute approximate surface area is 97.7 Å². The summed E-state index contributed by atoms with van der Waals surface area (Å²) in [6.45, 7) is 0. The standard InChI is InChI=1S/C12H12O5/c13-10(8-4-2-1-3-5-8)6-9(12(16)17)7-11(14)15/h1-5,9H,6-7H2,(H,14,15)(H,16,17). The van der Waals surface area contributed by atoms with E-state index in [4.69, 9.17) is 10.2 Å². The van der Waals surface area contributed by atoms with Crippen LogP contribution in [0.2, 0.25) is 0 Å². The summed E-state index contributed by atoms with van der Waals surface area (Å²) in [5.74, 6) is -4.03. The maximum Gasteiger partial charge on any atom is 0.307 e. The Morgan fingerprint density at radius 1 is 1.00 bits per heavy atom. The largest absolute Gasteiger partial charge is 0.481 e. The molecule has 1 rings (SSSR count). The predicted molar refractivity (Wildman–Crippen MR) is 58.8 cm³/mol. The summed E-state index contributed by atoms with van der Waals surface area (Å²) in [6, 6.07) is 8.22. The van der Waals surface area contributed by atoms with E-state index in [1.165, 1.54) is 0 Å². The van der Waals surface area contributed by atoms with Gasteiger partial charge in [0.05, 0.1) is 12.3 Å². The van der Waals surface area contributed by atoms with Gasteiger partial charge in [-0.1, -0.05) is 30.3 Å². The van der Waals surface area contributed by atoms with E-state index in [1.807, 2.05) is 0 Å². The van der Waals surface area contributed by atoms with Gasteiger partial charge in [-0.25, -0.2) is 0 Å². The van der Waals surface area contributed by atoms with Crippen LogP contribution in [-0.2, 0) is 9.59 Å². The topological polar surface area (TPSA) is 91.7 Å². The molecule has 0 saturated carbocycles. The Kier molecular flexibility index (Phi) is 4.39. The van der Waals surface area contributed by atoms with Crippen molar-refractivity contribution in [3.63, 3.8) is 0 Å². The highest BCUT2D eigenvalue weighted by molar-refractivity contribution is 5.98. The van der Waals surface area contributed by atoms with Gasteiger partial charge in [-0.05, 0) is 0 Å². The lowest BCUT2D eigenvalue weighted by molar-refractivity contribution is -0.148. The molecule has 1 aromatic carbocycles. The molecule has 1 atom stereocenters. The fraction of sp³-hybridized carbons (Fsp3) is 0.250. The van der Waals surface area contributed by atoms with E-state index in [0.717, 1.165) is 0 Å². The normalized spacial score (nSPS) is 11.8. The molecule has 17 heavy (non-hydrogen) atoms. The van der Waals surface area contributed by atoms with Crippen molar-refractivity contribution in [2.75, 3.05) is 0 Å². The molecule has 0 aliphatic heterocycles. The molecule has 1 unspecified atom stereocenters. The Morgan fingerprint density at radius 2 is 1.59 bits per heavy atom. The molecule has 0 amide bonds. The average Bonchev–Trinajstić information content (AvgIpc) is 2.28.